The van der Waals surface area contributed by atoms with E-state index in [0.717, 1.165) is 0 Å². The van der Waals surface area contributed by atoms with Gasteiger partial charge in [0.15, 0.2) is 6.10 Å². The van der Waals surface area contributed by atoms with Crippen LogP contribution >= 0.6 is 0 Å². The van der Waals surface area contributed by atoms with E-state index in [1.807, 2.05) is 5.43 Å². The van der Waals surface area contributed by atoms with Crippen LogP contribution in [0.5, 0.6) is 0 Å². The van der Waals surface area contributed by atoms with Gasteiger partial charge < -0.3 is 14.6 Å². The maximum atomic E-state index is 11.1. The second kappa shape index (κ2) is 4.63. The number of hydrazine groups is 1. The van der Waals surface area contributed by atoms with E-state index in [2.05, 4.69) is 0 Å². The molecule has 0 aromatic rings. The number of nitrogens with one attached hydrogen (secondary N) is 2. The maximum absolute atomic E-state index is 11.1. The summed E-state index contributed by atoms with van der Waals surface area (Å²) in [6.45, 7) is 0.939. The first-order chi connectivity index (χ1) is 6.20. The van der Waals surface area contributed by atoms with E-state index in [-0.39, 0.29) is 6.61 Å². The SMILES string of the molecule is O=C(O)NNC(=O)C1COCCO1. The van der Waals surface area contributed by atoms with Gasteiger partial charge in [0.25, 0.3) is 5.91 Å². The molecule has 74 valence electrons. The van der Waals surface area contributed by atoms with Crippen molar-refractivity contribution in [3.63, 3.8) is 0 Å². The van der Waals surface area contributed by atoms with Gasteiger partial charge >= 0.3 is 6.09 Å². The predicted molar refractivity (Wildman–Crippen MR) is 39.9 cm³/mol. The Labute approximate surface area is 74.0 Å². The van der Waals surface area contributed by atoms with E-state index in [4.69, 9.17) is 14.6 Å². The van der Waals surface area contributed by atoms with Crippen LogP contribution in [0.25, 0.3) is 0 Å². The van der Waals surface area contributed by atoms with Crippen LogP contribution in [0.4, 0.5) is 4.79 Å². The zero-order chi connectivity index (χ0) is 9.68. The molecule has 0 saturated carbocycles. The second-order valence-electron chi connectivity index (χ2n) is 2.35. The first-order valence-corrected chi connectivity index (χ1v) is 3.68. The first kappa shape index (κ1) is 9.75. The fourth-order valence-corrected chi connectivity index (χ4v) is 0.835. The summed E-state index contributed by atoms with van der Waals surface area (Å²) in [6.07, 6.45) is -2.06. The van der Waals surface area contributed by atoms with Gasteiger partial charge in [-0.2, -0.15) is 0 Å². The lowest BCUT2D eigenvalue weighted by Crippen LogP contribution is -2.49. The summed E-state index contributed by atoms with van der Waals surface area (Å²) in [4.78, 5) is 21.0. The molecule has 0 aliphatic carbocycles. The third-order valence-electron chi connectivity index (χ3n) is 1.40. The average Bonchev–Trinajstić information content (AvgIpc) is 2.15. The summed E-state index contributed by atoms with van der Waals surface area (Å²) in [7, 11) is 0. The van der Waals surface area contributed by atoms with E-state index in [9.17, 15) is 9.59 Å². The molecule has 1 unspecified atom stereocenters. The van der Waals surface area contributed by atoms with E-state index < -0.39 is 18.1 Å². The smallest absolute Gasteiger partial charge is 0.423 e. The van der Waals surface area contributed by atoms with Crippen molar-refractivity contribution in [1.29, 1.82) is 0 Å². The molecule has 1 aliphatic rings. The normalized spacial score (nSPS) is 22.0. The Balaban J connectivity index is 2.25. The second-order valence-corrected chi connectivity index (χ2v) is 2.35. The lowest BCUT2D eigenvalue weighted by atomic mass is 10.3. The zero-order valence-electron chi connectivity index (χ0n) is 6.78. The standard InChI is InChI=1S/C6H10N2O5/c9-5(7-8-6(10)11)4-3-12-1-2-13-4/h4,8H,1-3H2,(H,7,9)(H,10,11). The van der Waals surface area contributed by atoms with Gasteiger partial charge in [0.2, 0.25) is 0 Å². The van der Waals surface area contributed by atoms with Crippen molar-refractivity contribution >= 4 is 12.0 Å². The van der Waals surface area contributed by atoms with Crippen LogP contribution in [-0.4, -0.2) is 43.0 Å². The molecule has 2 amide bonds. The molecular weight excluding hydrogens is 180 g/mol. The van der Waals surface area contributed by atoms with Gasteiger partial charge in [0.1, 0.15) is 0 Å². The van der Waals surface area contributed by atoms with Crippen LogP contribution in [0.2, 0.25) is 0 Å². The van der Waals surface area contributed by atoms with E-state index in [1.165, 1.54) is 0 Å². The summed E-state index contributed by atoms with van der Waals surface area (Å²) in [5.41, 5.74) is 3.68. The minimum atomic E-state index is -1.33. The zero-order valence-corrected chi connectivity index (χ0v) is 6.78. The van der Waals surface area contributed by atoms with Crippen LogP contribution in [0.1, 0.15) is 0 Å². The number of carbonyl (C=O) groups is 2. The Hall–Kier alpha value is -1.34. The fraction of sp³-hybridized carbons (Fsp3) is 0.667. The Bertz CT molecular complexity index is 201. The number of hydrogen-bond donors (Lipinski definition) is 3. The molecule has 0 radical (unpaired) electrons. The Morgan fingerprint density at radius 1 is 1.31 bits per heavy atom. The van der Waals surface area contributed by atoms with Gasteiger partial charge in [-0.25, -0.2) is 10.2 Å². The molecule has 0 bridgehead atoms. The van der Waals surface area contributed by atoms with E-state index in [0.29, 0.717) is 13.2 Å². The maximum Gasteiger partial charge on any atom is 0.423 e. The highest BCUT2D eigenvalue weighted by molar-refractivity contribution is 5.82. The van der Waals surface area contributed by atoms with Crippen LogP contribution in [0.3, 0.4) is 0 Å². The van der Waals surface area contributed by atoms with E-state index in [1.54, 1.807) is 5.43 Å². The minimum Gasteiger partial charge on any atom is -0.464 e. The molecule has 1 aliphatic heterocycles. The Kier molecular flexibility index (Phi) is 3.47. The van der Waals surface area contributed by atoms with Crippen molar-refractivity contribution in [2.45, 2.75) is 6.10 Å². The van der Waals surface area contributed by atoms with E-state index >= 15 is 0 Å². The van der Waals surface area contributed by atoms with Crippen molar-refractivity contribution in [2.75, 3.05) is 19.8 Å². The third kappa shape index (κ3) is 3.26. The summed E-state index contributed by atoms with van der Waals surface area (Å²) >= 11 is 0. The largest absolute Gasteiger partial charge is 0.464 e. The van der Waals surface area contributed by atoms with Gasteiger partial charge in [0, 0.05) is 0 Å². The number of rotatable bonds is 1. The molecule has 0 spiro atoms. The van der Waals surface area contributed by atoms with Gasteiger partial charge in [-0.3, -0.25) is 10.2 Å². The first-order valence-electron chi connectivity index (χ1n) is 3.68. The minimum absolute atomic E-state index is 0.146. The van der Waals surface area contributed by atoms with Gasteiger partial charge in [0.05, 0.1) is 19.8 Å². The Morgan fingerprint density at radius 3 is 2.62 bits per heavy atom. The van der Waals surface area contributed by atoms with Crippen molar-refractivity contribution < 1.29 is 24.2 Å². The molecule has 0 aromatic carbocycles. The van der Waals surface area contributed by atoms with Gasteiger partial charge in [-0.05, 0) is 0 Å². The highest BCUT2D eigenvalue weighted by atomic mass is 16.6. The summed E-state index contributed by atoms with van der Waals surface area (Å²) < 4.78 is 9.95. The molecule has 1 atom stereocenters. The molecule has 1 heterocycles. The highest BCUT2D eigenvalue weighted by Gasteiger charge is 2.22. The predicted octanol–water partition coefficient (Wildman–Crippen LogP) is -1.30. The van der Waals surface area contributed by atoms with Gasteiger partial charge in [-0.1, -0.05) is 0 Å². The molecule has 1 fully saturated rings. The summed E-state index contributed by atoms with van der Waals surface area (Å²) in [5.74, 6) is -0.554. The molecule has 1 rings (SSSR count). The number of carbonyl (C=O) groups excluding carboxylic acids is 1. The summed E-state index contributed by atoms with van der Waals surface area (Å²) in [6, 6.07) is 0. The number of ether oxygens (including phenoxy) is 2. The number of hydrogen-bond acceptors (Lipinski definition) is 4. The van der Waals surface area contributed by atoms with Gasteiger partial charge in [-0.15, -0.1) is 0 Å². The molecular formula is C6H10N2O5. The number of amides is 2. The lowest BCUT2D eigenvalue weighted by molar-refractivity contribution is -0.148. The molecule has 13 heavy (non-hydrogen) atoms. The van der Waals surface area contributed by atoms with Crippen molar-refractivity contribution in [3.05, 3.63) is 0 Å². The molecule has 1 saturated heterocycles. The van der Waals surface area contributed by atoms with Crippen molar-refractivity contribution in [2.24, 2.45) is 0 Å². The topological polar surface area (TPSA) is 96.9 Å². The average molecular weight is 190 g/mol. The van der Waals surface area contributed by atoms with Crippen molar-refractivity contribution in [3.8, 4) is 0 Å². The fourth-order valence-electron chi connectivity index (χ4n) is 0.835. The van der Waals surface area contributed by atoms with Crippen molar-refractivity contribution in [1.82, 2.24) is 10.9 Å². The quantitative estimate of drug-likeness (QED) is 0.446. The molecule has 0 aromatic heterocycles. The highest BCUT2D eigenvalue weighted by Crippen LogP contribution is 1.99. The van der Waals surface area contributed by atoms with Crippen LogP contribution < -0.4 is 10.9 Å². The molecule has 7 nitrogen and oxygen atoms in total. The van der Waals surface area contributed by atoms with Crippen LogP contribution in [-0.2, 0) is 14.3 Å². The lowest BCUT2D eigenvalue weighted by Gasteiger charge is -2.21. The summed E-state index contributed by atoms with van der Waals surface area (Å²) in [5, 5.41) is 8.16. The van der Waals surface area contributed by atoms with Crippen LogP contribution in [0, 0.1) is 0 Å². The number of carboxylic acid groups (broad SMARTS) is 1. The molecule has 7 heteroatoms. The van der Waals surface area contributed by atoms with Crippen LogP contribution in [0.15, 0.2) is 0 Å². The monoisotopic (exact) mass is 190 g/mol. The molecule has 3 N–H and O–H groups in total. The Morgan fingerprint density at radius 2 is 2.08 bits per heavy atom. The third-order valence-corrected chi connectivity index (χ3v) is 1.40.